The van der Waals surface area contributed by atoms with Crippen molar-refractivity contribution in [1.82, 2.24) is 10.3 Å². The van der Waals surface area contributed by atoms with Crippen LogP contribution in [0.4, 0.5) is 5.69 Å². The Morgan fingerprint density at radius 2 is 1.74 bits per heavy atom. The molecule has 1 atom stereocenters. The second kappa shape index (κ2) is 7.37. The summed E-state index contributed by atoms with van der Waals surface area (Å²) in [4.78, 5) is 29.1. The standard InChI is InChI=1S/C21H19N3O3/c25-20-13-15(23-21(26)19-7-4-12-22-19)14-24(20)16-8-10-18(11-9-16)27-17-5-2-1-3-6-17/h1-12,15,22H,13-14H2,(H,23,26)/t15-/m0/s1. The second-order valence-corrected chi connectivity index (χ2v) is 6.37. The summed E-state index contributed by atoms with van der Waals surface area (Å²) in [5.41, 5.74) is 1.28. The van der Waals surface area contributed by atoms with E-state index in [0.29, 0.717) is 18.0 Å². The van der Waals surface area contributed by atoms with Crippen molar-refractivity contribution in [1.29, 1.82) is 0 Å². The molecule has 2 heterocycles. The lowest BCUT2D eigenvalue weighted by atomic mass is 10.2. The molecule has 1 saturated heterocycles. The Morgan fingerprint density at radius 3 is 2.44 bits per heavy atom. The van der Waals surface area contributed by atoms with Gasteiger partial charge in [-0.25, -0.2) is 0 Å². The van der Waals surface area contributed by atoms with Crippen molar-refractivity contribution in [3.05, 3.63) is 78.6 Å². The number of aromatic amines is 1. The average molecular weight is 361 g/mol. The second-order valence-electron chi connectivity index (χ2n) is 6.37. The highest BCUT2D eigenvalue weighted by Gasteiger charge is 2.31. The van der Waals surface area contributed by atoms with E-state index in [1.807, 2.05) is 54.6 Å². The van der Waals surface area contributed by atoms with E-state index in [9.17, 15) is 9.59 Å². The van der Waals surface area contributed by atoms with Crippen LogP contribution in [-0.4, -0.2) is 29.4 Å². The van der Waals surface area contributed by atoms with Gasteiger partial charge in [0.2, 0.25) is 5.91 Å². The quantitative estimate of drug-likeness (QED) is 0.732. The van der Waals surface area contributed by atoms with Crippen LogP contribution in [0.25, 0.3) is 0 Å². The molecule has 0 radical (unpaired) electrons. The summed E-state index contributed by atoms with van der Waals surface area (Å²) in [7, 11) is 0. The summed E-state index contributed by atoms with van der Waals surface area (Å²) in [6.07, 6.45) is 1.98. The first-order valence-corrected chi connectivity index (χ1v) is 8.76. The normalized spacial score (nSPS) is 16.4. The van der Waals surface area contributed by atoms with Crippen molar-refractivity contribution in [2.24, 2.45) is 0 Å². The zero-order chi connectivity index (χ0) is 18.6. The molecule has 2 amide bonds. The van der Waals surface area contributed by atoms with Crippen LogP contribution in [0.1, 0.15) is 16.9 Å². The number of nitrogens with zero attached hydrogens (tertiary/aromatic N) is 1. The van der Waals surface area contributed by atoms with Crippen LogP contribution < -0.4 is 15.0 Å². The molecule has 0 unspecified atom stereocenters. The molecular weight excluding hydrogens is 342 g/mol. The molecule has 6 nitrogen and oxygen atoms in total. The monoisotopic (exact) mass is 361 g/mol. The predicted octanol–water partition coefficient (Wildman–Crippen LogP) is 3.34. The fourth-order valence-corrected chi connectivity index (χ4v) is 3.11. The SMILES string of the molecule is O=C(N[C@H]1CC(=O)N(c2ccc(Oc3ccccc3)cc2)C1)c1ccc[nH]1. The maximum Gasteiger partial charge on any atom is 0.267 e. The first-order chi connectivity index (χ1) is 13.2. The Labute approximate surface area is 156 Å². The topological polar surface area (TPSA) is 74.4 Å². The molecule has 4 rings (SSSR count). The van der Waals surface area contributed by atoms with Gasteiger partial charge in [0.05, 0.1) is 6.04 Å². The van der Waals surface area contributed by atoms with Gasteiger partial charge in [-0.15, -0.1) is 0 Å². The number of rotatable bonds is 5. The lowest BCUT2D eigenvalue weighted by Gasteiger charge is -2.17. The van der Waals surface area contributed by atoms with Gasteiger partial charge >= 0.3 is 0 Å². The first-order valence-electron chi connectivity index (χ1n) is 8.76. The Bertz CT molecular complexity index is 921. The third-order valence-electron chi connectivity index (χ3n) is 4.43. The van der Waals surface area contributed by atoms with Gasteiger partial charge in [-0.2, -0.15) is 0 Å². The molecule has 2 N–H and O–H groups in total. The van der Waals surface area contributed by atoms with Gasteiger partial charge in [-0.3, -0.25) is 9.59 Å². The van der Waals surface area contributed by atoms with E-state index in [1.165, 1.54) is 0 Å². The lowest BCUT2D eigenvalue weighted by Crippen LogP contribution is -2.37. The van der Waals surface area contributed by atoms with Gasteiger partial charge in [0.15, 0.2) is 0 Å². The molecule has 0 bridgehead atoms. The fraction of sp³-hybridized carbons (Fsp3) is 0.143. The number of carbonyl (C=O) groups excluding carboxylic acids is 2. The van der Waals surface area contributed by atoms with Crippen LogP contribution in [0.15, 0.2) is 72.9 Å². The zero-order valence-corrected chi connectivity index (χ0v) is 14.6. The number of carbonyl (C=O) groups is 2. The van der Waals surface area contributed by atoms with Crippen LogP contribution in [0.3, 0.4) is 0 Å². The Kier molecular flexibility index (Phi) is 4.61. The summed E-state index contributed by atoms with van der Waals surface area (Å²) in [6, 6.07) is 20.1. The fourth-order valence-electron chi connectivity index (χ4n) is 3.11. The molecule has 27 heavy (non-hydrogen) atoms. The molecule has 0 aliphatic carbocycles. The van der Waals surface area contributed by atoms with Crippen molar-refractivity contribution in [3.63, 3.8) is 0 Å². The van der Waals surface area contributed by atoms with Gasteiger partial charge in [-0.1, -0.05) is 18.2 Å². The predicted molar refractivity (Wildman–Crippen MR) is 102 cm³/mol. The molecule has 2 aromatic carbocycles. The molecule has 1 fully saturated rings. The number of anilines is 1. The number of hydrogen-bond donors (Lipinski definition) is 2. The van der Waals surface area contributed by atoms with Crippen molar-refractivity contribution in [3.8, 4) is 11.5 Å². The van der Waals surface area contributed by atoms with E-state index in [2.05, 4.69) is 10.3 Å². The molecule has 6 heteroatoms. The van der Waals surface area contributed by atoms with Crippen LogP contribution in [0.2, 0.25) is 0 Å². The molecule has 1 aliphatic rings. The number of H-pyrrole nitrogens is 1. The largest absolute Gasteiger partial charge is 0.457 e. The highest BCUT2D eigenvalue weighted by atomic mass is 16.5. The van der Waals surface area contributed by atoms with Crippen molar-refractivity contribution >= 4 is 17.5 Å². The Hall–Kier alpha value is -3.54. The third kappa shape index (κ3) is 3.84. The molecule has 0 spiro atoms. The van der Waals surface area contributed by atoms with Crippen LogP contribution in [-0.2, 0) is 4.79 Å². The van der Waals surface area contributed by atoms with Crippen molar-refractivity contribution in [2.45, 2.75) is 12.5 Å². The Balaban J connectivity index is 1.39. The van der Waals surface area contributed by atoms with E-state index in [4.69, 9.17) is 4.74 Å². The average Bonchev–Trinajstić information content (AvgIpc) is 3.33. The van der Waals surface area contributed by atoms with E-state index >= 15 is 0 Å². The summed E-state index contributed by atoms with van der Waals surface area (Å²) >= 11 is 0. The minimum Gasteiger partial charge on any atom is -0.457 e. The number of ether oxygens (including phenoxy) is 1. The van der Waals surface area contributed by atoms with E-state index in [1.54, 1.807) is 23.2 Å². The van der Waals surface area contributed by atoms with Gasteiger partial charge in [0.1, 0.15) is 17.2 Å². The smallest absolute Gasteiger partial charge is 0.267 e. The number of hydrogen-bond acceptors (Lipinski definition) is 3. The molecule has 0 saturated carbocycles. The number of amides is 2. The third-order valence-corrected chi connectivity index (χ3v) is 4.43. The summed E-state index contributed by atoms with van der Waals surface area (Å²) in [6.45, 7) is 0.449. The number of para-hydroxylation sites is 1. The van der Waals surface area contributed by atoms with Crippen LogP contribution in [0.5, 0.6) is 11.5 Å². The highest BCUT2D eigenvalue weighted by molar-refractivity contribution is 5.98. The van der Waals surface area contributed by atoms with Gasteiger partial charge in [-0.05, 0) is 48.5 Å². The van der Waals surface area contributed by atoms with Crippen LogP contribution in [0, 0.1) is 0 Å². The first kappa shape index (κ1) is 16.9. The van der Waals surface area contributed by atoms with E-state index < -0.39 is 0 Å². The molecular formula is C21H19N3O3. The zero-order valence-electron chi connectivity index (χ0n) is 14.6. The van der Waals surface area contributed by atoms with E-state index in [-0.39, 0.29) is 24.3 Å². The lowest BCUT2D eigenvalue weighted by molar-refractivity contribution is -0.117. The van der Waals surface area contributed by atoms with Gasteiger partial charge in [0, 0.05) is 24.8 Å². The molecule has 1 aromatic heterocycles. The number of aromatic nitrogens is 1. The summed E-state index contributed by atoms with van der Waals surface area (Å²) in [5.74, 6) is 1.25. The minimum absolute atomic E-state index is 0.0106. The number of benzene rings is 2. The van der Waals surface area contributed by atoms with Crippen molar-refractivity contribution < 1.29 is 14.3 Å². The Morgan fingerprint density at radius 1 is 1.00 bits per heavy atom. The summed E-state index contributed by atoms with van der Waals surface area (Å²) < 4.78 is 5.77. The van der Waals surface area contributed by atoms with Gasteiger partial charge in [0.25, 0.3) is 5.91 Å². The maximum atomic E-state index is 12.4. The molecule has 136 valence electrons. The van der Waals surface area contributed by atoms with E-state index in [0.717, 1.165) is 11.4 Å². The maximum absolute atomic E-state index is 12.4. The summed E-state index contributed by atoms with van der Waals surface area (Å²) in [5, 5.41) is 2.90. The van der Waals surface area contributed by atoms with Gasteiger partial charge < -0.3 is 19.9 Å². The highest BCUT2D eigenvalue weighted by Crippen LogP contribution is 2.27. The molecule has 3 aromatic rings. The van der Waals surface area contributed by atoms with Crippen molar-refractivity contribution in [2.75, 3.05) is 11.4 Å². The molecule has 1 aliphatic heterocycles. The minimum atomic E-state index is -0.214. The number of nitrogens with one attached hydrogen (secondary N) is 2. The van der Waals surface area contributed by atoms with Crippen LogP contribution >= 0.6 is 0 Å².